The number of carboxylic acids is 1. The number of carbonyl (C=O) groups excluding carboxylic acids is 1. The number of sulfonamides is 1. The van der Waals surface area contributed by atoms with Crippen molar-refractivity contribution in [2.24, 2.45) is 0 Å². The molecule has 3 rings (SSSR count). The van der Waals surface area contributed by atoms with Crippen molar-refractivity contribution < 1.29 is 23.1 Å². The Kier molecular flexibility index (Phi) is 5.48. The van der Waals surface area contributed by atoms with E-state index in [1.165, 1.54) is 36.4 Å². The van der Waals surface area contributed by atoms with Gasteiger partial charge >= 0.3 is 5.97 Å². The molecule has 0 spiro atoms. The van der Waals surface area contributed by atoms with Gasteiger partial charge in [-0.3, -0.25) is 9.52 Å². The lowest BCUT2D eigenvalue weighted by molar-refractivity contribution is 0.0696. The lowest BCUT2D eigenvalue weighted by atomic mass is 10.0. The first kappa shape index (κ1) is 19.6. The summed E-state index contributed by atoms with van der Waals surface area (Å²) in [7, 11) is -4.03. The van der Waals surface area contributed by atoms with E-state index in [2.05, 4.69) is 4.72 Å². The number of nitrogens with one attached hydrogen (secondary N) is 1. The lowest BCUT2D eigenvalue weighted by Gasteiger charge is -2.10. The summed E-state index contributed by atoms with van der Waals surface area (Å²) < 4.78 is 27.4. The van der Waals surface area contributed by atoms with Crippen LogP contribution in [-0.4, -0.2) is 25.3 Å². The number of anilines is 1. The SMILES string of the molecule is O=C(c1ccccc1)c1ccc(NS(=O)(=O)c2ccc(Cl)c(C(=O)O)c2)cc1. The lowest BCUT2D eigenvalue weighted by Crippen LogP contribution is -2.14. The van der Waals surface area contributed by atoms with E-state index in [1.807, 2.05) is 0 Å². The van der Waals surface area contributed by atoms with Crippen LogP contribution in [0.3, 0.4) is 0 Å². The van der Waals surface area contributed by atoms with Crippen LogP contribution in [0.5, 0.6) is 0 Å². The summed E-state index contributed by atoms with van der Waals surface area (Å²) >= 11 is 5.77. The Labute approximate surface area is 166 Å². The van der Waals surface area contributed by atoms with Crippen molar-refractivity contribution in [3.05, 3.63) is 94.5 Å². The molecule has 8 heteroatoms. The topological polar surface area (TPSA) is 101 Å². The Hall–Kier alpha value is -3.16. The minimum atomic E-state index is -4.03. The van der Waals surface area contributed by atoms with Gasteiger partial charge in [0.25, 0.3) is 10.0 Å². The average molecular weight is 416 g/mol. The summed E-state index contributed by atoms with van der Waals surface area (Å²) in [5, 5.41) is 9.03. The Morgan fingerprint density at radius 2 is 1.46 bits per heavy atom. The molecule has 0 saturated heterocycles. The van der Waals surface area contributed by atoms with E-state index in [1.54, 1.807) is 30.3 Å². The third-order valence-corrected chi connectivity index (χ3v) is 5.62. The second-order valence-electron chi connectivity index (χ2n) is 5.82. The molecule has 0 atom stereocenters. The van der Waals surface area contributed by atoms with Crippen molar-refractivity contribution in [2.75, 3.05) is 4.72 Å². The predicted molar refractivity (Wildman–Crippen MR) is 106 cm³/mol. The van der Waals surface area contributed by atoms with Crippen molar-refractivity contribution >= 4 is 39.1 Å². The van der Waals surface area contributed by atoms with Gasteiger partial charge in [0.15, 0.2) is 5.78 Å². The Morgan fingerprint density at radius 3 is 2.07 bits per heavy atom. The van der Waals surface area contributed by atoms with Crippen LogP contribution < -0.4 is 4.72 Å². The summed E-state index contributed by atoms with van der Waals surface area (Å²) in [4.78, 5) is 23.3. The molecular weight excluding hydrogens is 402 g/mol. The van der Waals surface area contributed by atoms with Gasteiger partial charge in [-0.25, -0.2) is 13.2 Å². The zero-order chi connectivity index (χ0) is 20.3. The zero-order valence-corrected chi connectivity index (χ0v) is 15.9. The van der Waals surface area contributed by atoms with Gasteiger partial charge in [0.2, 0.25) is 0 Å². The predicted octanol–water partition coefficient (Wildman–Crippen LogP) is 4.07. The molecule has 0 aliphatic carbocycles. The third-order valence-electron chi connectivity index (χ3n) is 3.91. The van der Waals surface area contributed by atoms with Crippen molar-refractivity contribution in [2.45, 2.75) is 4.90 Å². The van der Waals surface area contributed by atoms with Gasteiger partial charge in [-0.15, -0.1) is 0 Å². The number of halogens is 1. The summed E-state index contributed by atoms with van der Waals surface area (Å²) in [6.45, 7) is 0. The highest BCUT2D eigenvalue weighted by molar-refractivity contribution is 7.92. The van der Waals surface area contributed by atoms with E-state index in [4.69, 9.17) is 16.7 Å². The number of carbonyl (C=O) groups is 2. The van der Waals surface area contributed by atoms with Crippen LogP contribution in [0.4, 0.5) is 5.69 Å². The molecular formula is C20H14ClNO5S. The molecule has 0 aliphatic heterocycles. The smallest absolute Gasteiger partial charge is 0.337 e. The van der Waals surface area contributed by atoms with Crippen molar-refractivity contribution in [3.8, 4) is 0 Å². The van der Waals surface area contributed by atoms with Crippen LogP contribution in [0, 0.1) is 0 Å². The fourth-order valence-corrected chi connectivity index (χ4v) is 3.78. The first-order valence-electron chi connectivity index (χ1n) is 8.03. The molecule has 0 heterocycles. The number of aromatic carboxylic acids is 1. The summed E-state index contributed by atoms with van der Waals surface area (Å²) in [5.41, 5.74) is 0.858. The van der Waals surface area contributed by atoms with Crippen LogP contribution in [0.2, 0.25) is 5.02 Å². The van der Waals surface area contributed by atoms with Gasteiger partial charge in [-0.1, -0.05) is 41.9 Å². The number of benzene rings is 3. The first-order valence-corrected chi connectivity index (χ1v) is 9.89. The van der Waals surface area contributed by atoms with E-state index in [0.717, 1.165) is 6.07 Å². The third kappa shape index (κ3) is 4.21. The number of carboxylic acid groups (broad SMARTS) is 1. The van der Waals surface area contributed by atoms with Crippen LogP contribution in [-0.2, 0) is 10.0 Å². The minimum absolute atomic E-state index is 0.0600. The van der Waals surface area contributed by atoms with E-state index in [0.29, 0.717) is 11.1 Å². The molecule has 3 aromatic carbocycles. The molecule has 0 fully saturated rings. The van der Waals surface area contributed by atoms with Gasteiger partial charge < -0.3 is 5.11 Å². The molecule has 0 aliphatic rings. The molecule has 3 aromatic rings. The van der Waals surface area contributed by atoms with Gasteiger partial charge in [0.1, 0.15) is 0 Å². The molecule has 6 nitrogen and oxygen atoms in total. The first-order chi connectivity index (χ1) is 13.3. The average Bonchev–Trinajstić information content (AvgIpc) is 2.68. The maximum Gasteiger partial charge on any atom is 0.337 e. The fraction of sp³-hybridized carbons (Fsp3) is 0. The molecule has 0 bridgehead atoms. The number of hydrogen-bond donors (Lipinski definition) is 2. The Balaban J connectivity index is 1.83. The Morgan fingerprint density at radius 1 is 0.857 bits per heavy atom. The summed E-state index contributed by atoms with van der Waals surface area (Å²) in [6, 6.07) is 18.1. The van der Waals surface area contributed by atoms with Gasteiger partial charge in [-0.2, -0.15) is 0 Å². The molecule has 0 saturated carbocycles. The quantitative estimate of drug-likeness (QED) is 0.591. The van der Waals surface area contributed by atoms with Crippen molar-refractivity contribution in [1.29, 1.82) is 0 Å². The molecule has 0 amide bonds. The van der Waals surface area contributed by atoms with Crippen LogP contribution in [0.25, 0.3) is 0 Å². The largest absolute Gasteiger partial charge is 0.478 e. The van der Waals surface area contributed by atoms with Crippen molar-refractivity contribution in [3.63, 3.8) is 0 Å². The van der Waals surface area contributed by atoms with E-state index < -0.39 is 16.0 Å². The normalized spacial score (nSPS) is 11.0. The highest BCUT2D eigenvalue weighted by Crippen LogP contribution is 2.23. The molecule has 0 radical (unpaired) electrons. The van der Waals surface area contributed by atoms with Crippen LogP contribution in [0.15, 0.2) is 77.7 Å². The molecule has 0 aromatic heterocycles. The van der Waals surface area contributed by atoms with E-state index >= 15 is 0 Å². The van der Waals surface area contributed by atoms with Gasteiger partial charge in [0.05, 0.1) is 15.5 Å². The van der Waals surface area contributed by atoms with Crippen LogP contribution >= 0.6 is 11.6 Å². The van der Waals surface area contributed by atoms with E-state index in [9.17, 15) is 18.0 Å². The number of rotatable bonds is 6. The van der Waals surface area contributed by atoms with Gasteiger partial charge in [-0.05, 0) is 42.5 Å². The summed E-state index contributed by atoms with van der Waals surface area (Å²) in [6.07, 6.45) is 0. The highest BCUT2D eigenvalue weighted by Gasteiger charge is 2.19. The van der Waals surface area contributed by atoms with Crippen LogP contribution in [0.1, 0.15) is 26.3 Å². The Bertz CT molecular complexity index is 1140. The molecule has 2 N–H and O–H groups in total. The summed E-state index contributed by atoms with van der Waals surface area (Å²) in [5.74, 6) is -1.51. The molecule has 142 valence electrons. The maximum atomic E-state index is 12.5. The minimum Gasteiger partial charge on any atom is -0.478 e. The standard InChI is InChI=1S/C20H14ClNO5S/c21-18-11-10-16(12-17(18)20(24)25)28(26,27)22-15-8-6-14(7-9-15)19(23)13-4-2-1-3-5-13/h1-12,22H,(H,24,25). The second-order valence-corrected chi connectivity index (χ2v) is 7.91. The number of ketones is 1. The maximum absolute atomic E-state index is 12.5. The van der Waals surface area contributed by atoms with Crippen molar-refractivity contribution in [1.82, 2.24) is 0 Å². The van der Waals surface area contributed by atoms with E-state index in [-0.39, 0.29) is 27.0 Å². The molecule has 28 heavy (non-hydrogen) atoms. The monoisotopic (exact) mass is 415 g/mol. The number of hydrogen-bond acceptors (Lipinski definition) is 4. The highest BCUT2D eigenvalue weighted by atomic mass is 35.5. The zero-order valence-electron chi connectivity index (χ0n) is 14.3. The second kappa shape index (κ2) is 7.84. The fourth-order valence-electron chi connectivity index (χ4n) is 2.50. The van der Waals surface area contributed by atoms with Gasteiger partial charge in [0, 0.05) is 16.8 Å². The molecule has 0 unspecified atom stereocenters.